The Balaban J connectivity index is 1.45. The maximum atomic E-state index is 11.3. The molecule has 0 aliphatic carbocycles. The molecule has 0 atom stereocenters. The summed E-state index contributed by atoms with van der Waals surface area (Å²) in [6, 6.07) is 6.02. The van der Waals surface area contributed by atoms with Crippen molar-refractivity contribution in [2.45, 2.75) is 32.2 Å². The quantitative estimate of drug-likeness (QED) is 0.730. The van der Waals surface area contributed by atoms with E-state index in [0.717, 1.165) is 42.6 Å². The molecule has 5 nitrogen and oxygen atoms in total. The number of carbonyl (C=O) groups is 1. The van der Waals surface area contributed by atoms with Crippen LogP contribution in [0.15, 0.2) is 18.2 Å². The van der Waals surface area contributed by atoms with E-state index in [1.165, 1.54) is 25.7 Å². The number of amides is 2. The molecule has 2 aliphatic rings. The Kier molecular flexibility index (Phi) is 4.60. The molecule has 2 amide bonds. The first-order chi connectivity index (χ1) is 10.3. The van der Waals surface area contributed by atoms with Crippen LogP contribution < -0.4 is 16.0 Å². The molecule has 3 N–H and O–H groups in total. The summed E-state index contributed by atoms with van der Waals surface area (Å²) in [5.41, 5.74) is 3.11. The lowest BCUT2D eigenvalue weighted by molar-refractivity contribution is 0.0636. The summed E-state index contributed by atoms with van der Waals surface area (Å²) >= 11 is 0. The molecule has 21 heavy (non-hydrogen) atoms. The number of rotatable bonds is 5. The number of hydrogen-bond donors (Lipinski definition) is 3. The minimum absolute atomic E-state index is 0.126. The predicted octanol–water partition coefficient (Wildman–Crippen LogP) is 2.94. The summed E-state index contributed by atoms with van der Waals surface area (Å²) < 4.78 is 5.38. The van der Waals surface area contributed by atoms with Gasteiger partial charge < -0.3 is 20.7 Å². The Bertz CT molecular complexity index is 498. The van der Waals surface area contributed by atoms with Crippen LogP contribution in [0.1, 0.15) is 31.2 Å². The molecule has 2 aliphatic heterocycles. The lowest BCUT2D eigenvalue weighted by atomic mass is 9.95. The van der Waals surface area contributed by atoms with Crippen molar-refractivity contribution in [3.05, 3.63) is 23.8 Å². The minimum Gasteiger partial charge on any atom is -0.385 e. The van der Waals surface area contributed by atoms with Gasteiger partial charge in [0.15, 0.2) is 0 Å². The van der Waals surface area contributed by atoms with Gasteiger partial charge in [0.05, 0.1) is 0 Å². The van der Waals surface area contributed by atoms with Gasteiger partial charge in [-0.15, -0.1) is 0 Å². The lowest BCUT2D eigenvalue weighted by Gasteiger charge is -2.22. The lowest BCUT2D eigenvalue weighted by Crippen LogP contribution is -2.33. The van der Waals surface area contributed by atoms with Gasteiger partial charge >= 0.3 is 6.03 Å². The van der Waals surface area contributed by atoms with Crippen molar-refractivity contribution in [2.75, 3.05) is 30.4 Å². The van der Waals surface area contributed by atoms with E-state index in [2.05, 4.69) is 28.1 Å². The van der Waals surface area contributed by atoms with Gasteiger partial charge in [-0.25, -0.2) is 4.79 Å². The van der Waals surface area contributed by atoms with Crippen molar-refractivity contribution in [3.8, 4) is 0 Å². The third kappa shape index (κ3) is 3.88. The van der Waals surface area contributed by atoms with Crippen molar-refractivity contribution in [2.24, 2.45) is 5.92 Å². The number of hydrogen-bond acceptors (Lipinski definition) is 3. The molecule has 0 radical (unpaired) electrons. The van der Waals surface area contributed by atoms with Crippen LogP contribution in [-0.2, 0) is 11.3 Å². The number of ether oxygens (including phenoxy) is 1. The van der Waals surface area contributed by atoms with Crippen molar-refractivity contribution < 1.29 is 9.53 Å². The molecular formula is C16H23N3O2. The van der Waals surface area contributed by atoms with Crippen molar-refractivity contribution in [1.29, 1.82) is 0 Å². The molecule has 0 spiro atoms. The zero-order chi connectivity index (χ0) is 14.5. The Morgan fingerprint density at radius 1 is 1.29 bits per heavy atom. The fraction of sp³-hybridized carbons (Fsp3) is 0.562. The molecule has 0 aromatic heterocycles. The molecule has 3 rings (SSSR count). The van der Waals surface area contributed by atoms with Gasteiger partial charge in [-0.3, -0.25) is 0 Å². The van der Waals surface area contributed by atoms with Crippen molar-refractivity contribution in [3.63, 3.8) is 0 Å². The summed E-state index contributed by atoms with van der Waals surface area (Å²) in [6.07, 6.45) is 4.85. The van der Waals surface area contributed by atoms with Crippen molar-refractivity contribution >= 4 is 17.4 Å². The second kappa shape index (κ2) is 6.80. The Morgan fingerprint density at radius 3 is 3.00 bits per heavy atom. The van der Waals surface area contributed by atoms with E-state index in [4.69, 9.17) is 4.74 Å². The van der Waals surface area contributed by atoms with E-state index >= 15 is 0 Å². The van der Waals surface area contributed by atoms with Gasteiger partial charge in [0.25, 0.3) is 0 Å². The van der Waals surface area contributed by atoms with Crippen molar-refractivity contribution in [1.82, 2.24) is 5.32 Å². The molecule has 0 saturated carbocycles. The Hall–Kier alpha value is -1.75. The summed E-state index contributed by atoms with van der Waals surface area (Å²) in [7, 11) is 0. The van der Waals surface area contributed by atoms with Crippen LogP contribution >= 0.6 is 0 Å². The van der Waals surface area contributed by atoms with Gasteiger partial charge in [0.1, 0.15) is 0 Å². The molecule has 5 heteroatoms. The molecule has 2 heterocycles. The first-order valence-corrected chi connectivity index (χ1v) is 7.80. The molecular weight excluding hydrogens is 266 g/mol. The van der Waals surface area contributed by atoms with Crippen LogP contribution in [0.25, 0.3) is 0 Å². The van der Waals surface area contributed by atoms with Gasteiger partial charge in [0, 0.05) is 37.7 Å². The standard InChI is InChI=1S/C16H23N3O2/c20-16-18-11-13-3-4-14(10-15(13)19-16)17-7-1-2-12-5-8-21-9-6-12/h3-4,10,12,17H,1-2,5-9,11H2,(H2,18,19,20). The highest BCUT2D eigenvalue weighted by Gasteiger charge is 2.14. The van der Waals surface area contributed by atoms with E-state index in [-0.39, 0.29) is 6.03 Å². The van der Waals surface area contributed by atoms with E-state index in [9.17, 15) is 4.79 Å². The largest absolute Gasteiger partial charge is 0.385 e. The van der Waals surface area contributed by atoms with E-state index < -0.39 is 0 Å². The number of carbonyl (C=O) groups excluding carboxylic acids is 1. The highest BCUT2D eigenvalue weighted by molar-refractivity contribution is 5.92. The normalized spacial score (nSPS) is 18.6. The third-order valence-corrected chi connectivity index (χ3v) is 4.26. The fourth-order valence-electron chi connectivity index (χ4n) is 2.96. The van der Waals surface area contributed by atoms with Gasteiger partial charge in [0.2, 0.25) is 0 Å². The fourth-order valence-corrected chi connectivity index (χ4v) is 2.96. The number of fused-ring (bicyclic) bond motifs is 1. The summed E-state index contributed by atoms with van der Waals surface area (Å²) in [5, 5.41) is 9.05. The first kappa shape index (κ1) is 14.2. The molecule has 0 bridgehead atoms. The topological polar surface area (TPSA) is 62.4 Å². The molecule has 0 unspecified atom stereocenters. The summed E-state index contributed by atoms with van der Waals surface area (Å²) in [5.74, 6) is 0.828. The smallest absolute Gasteiger partial charge is 0.319 e. The average Bonchev–Trinajstić information content (AvgIpc) is 2.52. The molecule has 1 aromatic rings. The minimum atomic E-state index is -0.126. The van der Waals surface area contributed by atoms with Crippen LogP contribution in [0.5, 0.6) is 0 Å². The van der Waals surface area contributed by atoms with E-state index in [0.29, 0.717) is 6.54 Å². The van der Waals surface area contributed by atoms with Gasteiger partial charge in [-0.1, -0.05) is 6.07 Å². The van der Waals surface area contributed by atoms with Crippen LogP contribution in [0.3, 0.4) is 0 Å². The molecule has 1 saturated heterocycles. The maximum absolute atomic E-state index is 11.3. The van der Waals surface area contributed by atoms with Crippen LogP contribution in [-0.4, -0.2) is 25.8 Å². The number of urea groups is 1. The number of benzene rings is 1. The average molecular weight is 289 g/mol. The summed E-state index contributed by atoms with van der Waals surface area (Å²) in [6.45, 7) is 3.43. The first-order valence-electron chi connectivity index (χ1n) is 7.80. The van der Waals surface area contributed by atoms with Gasteiger partial charge in [-0.2, -0.15) is 0 Å². The SMILES string of the molecule is O=C1NCc2ccc(NCCCC3CCOCC3)cc2N1. The molecule has 114 valence electrons. The molecule has 1 fully saturated rings. The molecule has 1 aromatic carbocycles. The number of nitrogens with one attached hydrogen (secondary N) is 3. The monoisotopic (exact) mass is 289 g/mol. The highest BCUT2D eigenvalue weighted by Crippen LogP contribution is 2.24. The zero-order valence-corrected chi connectivity index (χ0v) is 12.3. The Labute approximate surface area is 125 Å². The predicted molar refractivity (Wildman–Crippen MR) is 83.6 cm³/mol. The highest BCUT2D eigenvalue weighted by atomic mass is 16.5. The second-order valence-electron chi connectivity index (χ2n) is 5.80. The third-order valence-electron chi connectivity index (χ3n) is 4.26. The van der Waals surface area contributed by atoms with E-state index in [1.807, 2.05) is 6.07 Å². The number of anilines is 2. The second-order valence-corrected chi connectivity index (χ2v) is 5.80. The van der Waals surface area contributed by atoms with Crippen LogP contribution in [0, 0.1) is 5.92 Å². The Morgan fingerprint density at radius 2 is 2.14 bits per heavy atom. The summed E-state index contributed by atoms with van der Waals surface area (Å²) in [4.78, 5) is 11.3. The van der Waals surface area contributed by atoms with Gasteiger partial charge in [-0.05, 0) is 49.3 Å². The van der Waals surface area contributed by atoms with Crippen LogP contribution in [0.2, 0.25) is 0 Å². The zero-order valence-electron chi connectivity index (χ0n) is 12.3. The maximum Gasteiger partial charge on any atom is 0.319 e. The van der Waals surface area contributed by atoms with Crippen LogP contribution in [0.4, 0.5) is 16.2 Å². The van der Waals surface area contributed by atoms with E-state index in [1.54, 1.807) is 0 Å².